The Morgan fingerprint density at radius 1 is 1.25 bits per heavy atom. The van der Waals surface area contributed by atoms with E-state index in [4.69, 9.17) is 10.7 Å². The molecule has 1 heterocycles. The lowest BCUT2D eigenvalue weighted by Crippen LogP contribution is -2.38. The van der Waals surface area contributed by atoms with Gasteiger partial charge in [-0.05, 0) is 25.7 Å². The molecule has 0 amide bonds. The molecule has 4 heteroatoms. The zero-order valence-electron chi connectivity index (χ0n) is 9.71. The van der Waals surface area contributed by atoms with Crippen LogP contribution in [0.5, 0.6) is 0 Å². The maximum absolute atomic E-state index is 5.98. The Kier molecular flexibility index (Phi) is 2.46. The highest BCUT2D eigenvalue weighted by Gasteiger charge is 2.37. The third-order valence-corrected chi connectivity index (χ3v) is 4.14. The van der Waals surface area contributed by atoms with Gasteiger partial charge >= 0.3 is 0 Å². The Morgan fingerprint density at radius 2 is 2.00 bits per heavy atom. The summed E-state index contributed by atoms with van der Waals surface area (Å²) in [5, 5.41) is 7.54. The molecule has 2 aliphatic rings. The first-order valence-electron chi connectivity index (χ1n) is 6.47. The van der Waals surface area contributed by atoms with E-state index in [2.05, 4.69) is 10.2 Å². The van der Waals surface area contributed by atoms with Crippen LogP contribution in [0, 0.1) is 0 Å². The number of hydrogen-bond donors (Lipinski definition) is 2. The molecule has 2 saturated carbocycles. The van der Waals surface area contributed by atoms with Gasteiger partial charge in [-0.1, -0.05) is 19.3 Å². The molecule has 2 fully saturated rings. The van der Waals surface area contributed by atoms with E-state index >= 15 is 0 Å². The summed E-state index contributed by atoms with van der Waals surface area (Å²) < 4.78 is 0. The maximum Gasteiger partial charge on any atom is 0.158 e. The predicted molar refractivity (Wildman–Crippen MR) is 62.2 cm³/mol. The number of nitrogens with two attached hydrogens (primary N) is 1. The summed E-state index contributed by atoms with van der Waals surface area (Å²) in [5.41, 5.74) is 6.05. The molecule has 4 nitrogen and oxygen atoms in total. The van der Waals surface area contributed by atoms with E-state index in [1.165, 1.54) is 32.1 Å². The van der Waals surface area contributed by atoms with E-state index in [0.717, 1.165) is 24.5 Å². The summed E-state index contributed by atoms with van der Waals surface area (Å²) in [4.78, 5) is 4.69. The van der Waals surface area contributed by atoms with E-state index in [0.29, 0.717) is 12.5 Å². The van der Waals surface area contributed by atoms with E-state index in [1.54, 1.807) is 0 Å². The molecule has 0 unspecified atom stereocenters. The quantitative estimate of drug-likeness (QED) is 0.816. The summed E-state index contributed by atoms with van der Waals surface area (Å²) in [7, 11) is 0. The van der Waals surface area contributed by atoms with Crippen molar-refractivity contribution in [3.05, 3.63) is 11.6 Å². The second kappa shape index (κ2) is 3.84. The van der Waals surface area contributed by atoms with Crippen LogP contribution in [0.25, 0.3) is 0 Å². The van der Waals surface area contributed by atoms with Gasteiger partial charge in [-0.2, -0.15) is 5.10 Å². The van der Waals surface area contributed by atoms with Crippen molar-refractivity contribution < 1.29 is 0 Å². The number of aromatic amines is 1. The Labute approximate surface area is 96.0 Å². The molecule has 3 N–H and O–H groups in total. The second-order valence-electron chi connectivity index (χ2n) is 5.36. The highest BCUT2D eigenvalue weighted by molar-refractivity contribution is 5.14. The van der Waals surface area contributed by atoms with Crippen LogP contribution >= 0.6 is 0 Å². The Hall–Kier alpha value is -0.900. The average Bonchev–Trinajstić information content (AvgIpc) is 3.08. The maximum atomic E-state index is 5.98. The number of nitrogens with one attached hydrogen (secondary N) is 1. The van der Waals surface area contributed by atoms with Crippen LogP contribution in [0.15, 0.2) is 0 Å². The largest absolute Gasteiger partial charge is 0.329 e. The summed E-state index contributed by atoms with van der Waals surface area (Å²) >= 11 is 0. The summed E-state index contributed by atoms with van der Waals surface area (Å²) in [6.45, 7) is 0.689. The molecule has 0 aliphatic heterocycles. The highest BCUT2D eigenvalue weighted by Crippen LogP contribution is 2.41. The van der Waals surface area contributed by atoms with Gasteiger partial charge in [-0.25, -0.2) is 4.98 Å². The molecular weight excluding hydrogens is 200 g/mol. The van der Waals surface area contributed by atoms with E-state index in [-0.39, 0.29) is 5.41 Å². The lowest BCUT2D eigenvalue weighted by Gasteiger charge is -2.33. The monoisotopic (exact) mass is 220 g/mol. The number of rotatable bonds is 3. The summed E-state index contributed by atoms with van der Waals surface area (Å²) in [6.07, 6.45) is 8.72. The van der Waals surface area contributed by atoms with Gasteiger partial charge in [0.2, 0.25) is 0 Å². The van der Waals surface area contributed by atoms with Crippen molar-refractivity contribution in [1.29, 1.82) is 0 Å². The van der Waals surface area contributed by atoms with Crippen molar-refractivity contribution in [3.63, 3.8) is 0 Å². The van der Waals surface area contributed by atoms with Gasteiger partial charge in [0.25, 0.3) is 0 Å². The third kappa shape index (κ3) is 1.65. The molecule has 3 rings (SSSR count). The lowest BCUT2D eigenvalue weighted by atomic mass is 9.73. The fourth-order valence-corrected chi connectivity index (χ4v) is 2.80. The van der Waals surface area contributed by atoms with Crippen molar-refractivity contribution in [3.8, 4) is 0 Å². The first kappa shape index (κ1) is 10.3. The zero-order chi connectivity index (χ0) is 11.0. The van der Waals surface area contributed by atoms with Gasteiger partial charge < -0.3 is 5.73 Å². The third-order valence-electron chi connectivity index (χ3n) is 4.14. The van der Waals surface area contributed by atoms with Gasteiger partial charge in [-0.15, -0.1) is 0 Å². The van der Waals surface area contributed by atoms with Gasteiger partial charge in [0.15, 0.2) is 5.82 Å². The summed E-state index contributed by atoms with van der Waals surface area (Å²) in [5.74, 6) is 2.73. The number of hydrogen-bond acceptors (Lipinski definition) is 3. The molecule has 0 aromatic carbocycles. The standard InChI is InChI=1S/C12H20N4/c13-8-12(6-2-1-3-7-12)11-14-10(15-16-11)9-4-5-9/h9H,1-8,13H2,(H,14,15,16). The van der Waals surface area contributed by atoms with Crippen LogP contribution in [0.3, 0.4) is 0 Å². The zero-order valence-corrected chi connectivity index (χ0v) is 9.71. The normalized spacial score (nSPS) is 24.6. The van der Waals surface area contributed by atoms with E-state index in [1.807, 2.05) is 0 Å². The fourth-order valence-electron chi connectivity index (χ4n) is 2.80. The molecule has 88 valence electrons. The van der Waals surface area contributed by atoms with Crippen molar-refractivity contribution in [2.24, 2.45) is 5.73 Å². The van der Waals surface area contributed by atoms with Gasteiger partial charge in [0, 0.05) is 17.9 Å². The molecule has 16 heavy (non-hydrogen) atoms. The summed E-state index contributed by atoms with van der Waals surface area (Å²) in [6, 6.07) is 0. The predicted octanol–water partition coefficient (Wildman–Crippen LogP) is 1.84. The molecule has 0 radical (unpaired) electrons. The SMILES string of the molecule is NCC1(c2n[nH]c(C3CC3)n2)CCCCC1. The molecule has 2 aliphatic carbocycles. The van der Waals surface area contributed by atoms with Crippen LogP contribution < -0.4 is 5.73 Å². The first-order chi connectivity index (χ1) is 7.84. The number of nitrogens with zero attached hydrogens (tertiary/aromatic N) is 2. The van der Waals surface area contributed by atoms with Crippen LogP contribution in [0.1, 0.15) is 62.5 Å². The average molecular weight is 220 g/mol. The minimum atomic E-state index is 0.0713. The lowest BCUT2D eigenvalue weighted by molar-refractivity contribution is 0.286. The smallest absolute Gasteiger partial charge is 0.158 e. The van der Waals surface area contributed by atoms with Crippen LogP contribution in [-0.2, 0) is 5.41 Å². The Morgan fingerprint density at radius 3 is 2.62 bits per heavy atom. The second-order valence-corrected chi connectivity index (χ2v) is 5.36. The molecule has 0 saturated heterocycles. The highest BCUT2D eigenvalue weighted by atomic mass is 15.2. The Balaban J connectivity index is 1.86. The minimum Gasteiger partial charge on any atom is -0.329 e. The van der Waals surface area contributed by atoms with Crippen molar-refractivity contribution in [2.75, 3.05) is 6.54 Å². The van der Waals surface area contributed by atoms with Crippen LogP contribution in [0.4, 0.5) is 0 Å². The van der Waals surface area contributed by atoms with Crippen LogP contribution in [0.2, 0.25) is 0 Å². The number of H-pyrrole nitrogens is 1. The Bertz CT molecular complexity index is 361. The molecule has 1 aromatic rings. The first-order valence-corrected chi connectivity index (χ1v) is 6.47. The van der Waals surface area contributed by atoms with Crippen molar-refractivity contribution in [1.82, 2.24) is 15.2 Å². The van der Waals surface area contributed by atoms with E-state index < -0.39 is 0 Å². The van der Waals surface area contributed by atoms with Crippen molar-refractivity contribution >= 4 is 0 Å². The minimum absolute atomic E-state index is 0.0713. The number of aromatic nitrogens is 3. The molecule has 0 atom stereocenters. The van der Waals surface area contributed by atoms with Gasteiger partial charge in [0.1, 0.15) is 5.82 Å². The van der Waals surface area contributed by atoms with Gasteiger partial charge in [0.05, 0.1) is 0 Å². The van der Waals surface area contributed by atoms with E-state index in [9.17, 15) is 0 Å². The molecule has 0 spiro atoms. The van der Waals surface area contributed by atoms with Crippen LogP contribution in [-0.4, -0.2) is 21.7 Å². The molecule has 1 aromatic heterocycles. The van der Waals surface area contributed by atoms with Crippen molar-refractivity contribution in [2.45, 2.75) is 56.3 Å². The fraction of sp³-hybridized carbons (Fsp3) is 0.833. The molecule has 0 bridgehead atoms. The van der Waals surface area contributed by atoms with Gasteiger partial charge in [-0.3, -0.25) is 5.10 Å². The molecular formula is C12H20N4. The topological polar surface area (TPSA) is 67.6 Å².